The topological polar surface area (TPSA) is 54.3 Å². The standard InChI is InChI=1S/C23H25N3O2/c1-17-14-18-8-5-6-11-21(18)25(17)13-7-12-24-23(28)19-15-22(27)26(16-19)20-9-3-2-4-10-20/h2-6,8-11,14,19H,7,12-13,15-16H2,1H3,(H,24,28). The molecule has 0 aliphatic carbocycles. The quantitative estimate of drug-likeness (QED) is 0.671. The zero-order valence-corrected chi connectivity index (χ0v) is 16.1. The van der Waals surface area contributed by atoms with Crippen molar-refractivity contribution in [3.8, 4) is 0 Å². The van der Waals surface area contributed by atoms with E-state index in [0.29, 0.717) is 13.1 Å². The second-order valence-electron chi connectivity index (χ2n) is 7.38. The average Bonchev–Trinajstić information content (AvgIpc) is 3.25. The van der Waals surface area contributed by atoms with Crippen molar-refractivity contribution >= 4 is 28.4 Å². The molecular weight excluding hydrogens is 350 g/mol. The number of nitrogens with one attached hydrogen (secondary N) is 1. The minimum atomic E-state index is -0.276. The van der Waals surface area contributed by atoms with Crippen molar-refractivity contribution in [1.82, 2.24) is 9.88 Å². The normalized spacial score (nSPS) is 16.7. The lowest BCUT2D eigenvalue weighted by Crippen LogP contribution is -2.33. The zero-order valence-electron chi connectivity index (χ0n) is 16.1. The first kappa shape index (κ1) is 18.3. The first-order valence-corrected chi connectivity index (χ1v) is 9.81. The Labute approximate surface area is 165 Å². The van der Waals surface area contributed by atoms with Gasteiger partial charge in [0.1, 0.15) is 0 Å². The number of fused-ring (bicyclic) bond motifs is 1. The highest BCUT2D eigenvalue weighted by Gasteiger charge is 2.34. The predicted molar refractivity (Wildman–Crippen MR) is 111 cm³/mol. The molecule has 5 heteroatoms. The van der Waals surface area contributed by atoms with E-state index in [4.69, 9.17) is 0 Å². The Kier molecular flexibility index (Phi) is 5.15. The Morgan fingerprint density at radius 3 is 2.68 bits per heavy atom. The fourth-order valence-corrected chi connectivity index (χ4v) is 3.98. The van der Waals surface area contributed by atoms with Crippen LogP contribution >= 0.6 is 0 Å². The summed E-state index contributed by atoms with van der Waals surface area (Å²) in [6.45, 7) is 4.04. The molecule has 0 saturated carbocycles. The lowest BCUT2D eigenvalue weighted by atomic mass is 10.1. The molecule has 2 heterocycles. The number of hydrogen-bond donors (Lipinski definition) is 1. The van der Waals surface area contributed by atoms with Gasteiger partial charge < -0.3 is 14.8 Å². The summed E-state index contributed by atoms with van der Waals surface area (Å²) in [7, 11) is 0. The lowest BCUT2D eigenvalue weighted by molar-refractivity contribution is -0.126. The Balaban J connectivity index is 1.29. The van der Waals surface area contributed by atoms with Gasteiger partial charge in [0.25, 0.3) is 0 Å². The van der Waals surface area contributed by atoms with Gasteiger partial charge in [0.05, 0.1) is 5.92 Å². The molecule has 0 bridgehead atoms. The van der Waals surface area contributed by atoms with Crippen LogP contribution in [0.5, 0.6) is 0 Å². The van der Waals surface area contributed by atoms with Gasteiger partial charge in [-0.2, -0.15) is 0 Å². The van der Waals surface area contributed by atoms with Gasteiger partial charge >= 0.3 is 0 Å². The Morgan fingerprint density at radius 2 is 1.86 bits per heavy atom. The SMILES string of the molecule is Cc1cc2ccccc2n1CCCNC(=O)C1CC(=O)N(c2ccccc2)C1. The molecule has 1 aliphatic rings. The summed E-state index contributed by atoms with van der Waals surface area (Å²) < 4.78 is 2.29. The van der Waals surface area contributed by atoms with Crippen LogP contribution in [-0.4, -0.2) is 29.5 Å². The van der Waals surface area contributed by atoms with Crippen LogP contribution in [0.15, 0.2) is 60.7 Å². The van der Waals surface area contributed by atoms with E-state index in [9.17, 15) is 9.59 Å². The van der Waals surface area contributed by atoms with Crippen molar-refractivity contribution in [2.24, 2.45) is 5.92 Å². The third kappa shape index (κ3) is 3.65. The van der Waals surface area contributed by atoms with Crippen LogP contribution in [0.1, 0.15) is 18.5 Å². The lowest BCUT2D eigenvalue weighted by Gasteiger charge is -2.16. The molecule has 1 aliphatic heterocycles. The molecule has 2 amide bonds. The van der Waals surface area contributed by atoms with Crippen molar-refractivity contribution in [3.05, 3.63) is 66.4 Å². The van der Waals surface area contributed by atoms with Crippen LogP contribution in [-0.2, 0) is 16.1 Å². The molecule has 1 saturated heterocycles. The summed E-state index contributed by atoms with van der Waals surface area (Å²) in [5.74, 6) is -0.288. The summed E-state index contributed by atoms with van der Waals surface area (Å²) in [5.41, 5.74) is 3.32. The van der Waals surface area contributed by atoms with Gasteiger partial charge in [-0.15, -0.1) is 0 Å². The molecule has 0 radical (unpaired) electrons. The van der Waals surface area contributed by atoms with E-state index in [0.717, 1.165) is 18.7 Å². The molecule has 2 aromatic carbocycles. The van der Waals surface area contributed by atoms with E-state index >= 15 is 0 Å². The number of benzene rings is 2. The summed E-state index contributed by atoms with van der Waals surface area (Å²) in [5, 5.41) is 4.26. The van der Waals surface area contributed by atoms with E-state index in [1.54, 1.807) is 4.90 Å². The van der Waals surface area contributed by atoms with Gasteiger partial charge in [-0.3, -0.25) is 9.59 Å². The van der Waals surface area contributed by atoms with Crippen molar-refractivity contribution in [2.75, 3.05) is 18.0 Å². The molecule has 28 heavy (non-hydrogen) atoms. The molecular formula is C23H25N3O2. The molecule has 1 fully saturated rings. The second kappa shape index (κ2) is 7.89. The van der Waals surface area contributed by atoms with Crippen LogP contribution in [0.25, 0.3) is 10.9 Å². The maximum atomic E-state index is 12.5. The number of amides is 2. The van der Waals surface area contributed by atoms with Crippen molar-refractivity contribution < 1.29 is 9.59 Å². The molecule has 144 valence electrons. The van der Waals surface area contributed by atoms with Crippen LogP contribution in [0.3, 0.4) is 0 Å². The van der Waals surface area contributed by atoms with Gasteiger partial charge in [0.15, 0.2) is 0 Å². The third-order valence-electron chi connectivity index (χ3n) is 5.44. The minimum absolute atomic E-state index is 0.0146. The van der Waals surface area contributed by atoms with Crippen LogP contribution < -0.4 is 10.2 Å². The van der Waals surface area contributed by atoms with Gasteiger partial charge in [-0.05, 0) is 43.0 Å². The largest absolute Gasteiger partial charge is 0.356 e. The summed E-state index contributed by atoms with van der Waals surface area (Å²) >= 11 is 0. The highest BCUT2D eigenvalue weighted by atomic mass is 16.2. The van der Waals surface area contributed by atoms with E-state index in [2.05, 4.69) is 41.1 Å². The third-order valence-corrected chi connectivity index (χ3v) is 5.44. The fourth-order valence-electron chi connectivity index (χ4n) is 3.98. The second-order valence-corrected chi connectivity index (χ2v) is 7.38. The number of anilines is 1. The van der Waals surface area contributed by atoms with E-state index in [1.165, 1.54) is 16.6 Å². The van der Waals surface area contributed by atoms with Gasteiger partial charge in [0, 0.05) is 43.0 Å². The number of aromatic nitrogens is 1. The summed E-state index contributed by atoms with van der Waals surface area (Å²) in [6.07, 6.45) is 1.14. The number of para-hydroxylation sites is 2. The molecule has 3 aromatic rings. The number of rotatable bonds is 6. The van der Waals surface area contributed by atoms with E-state index < -0.39 is 0 Å². The Morgan fingerprint density at radius 1 is 1.11 bits per heavy atom. The average molecular weight is 375 g/mol. The summed E-state index contributed by atoms with van der Waals surface area (Å²) in [4.78, 5) is 26.5. The molecule has 1 N–H and O–H groups in total. The van der Waals surface area contributed by atoms with Gasteiger partial charge in [-0.1, -0.05) is 36.4 Å². The molecule has 5 nitrogen and oxygen atoms in total. The minimum Gasteiger partial charge on any atom is -0.356 e. The number of nitrogens with zero attached hydrogens (tertiary/aromatic N) is 2. The van der Waals surface area contributed by atoms with E-state index in [1.807, 2.05) is 36.4 Å². The molecule has 4 rings (SSSR count). The van der Waals surface area contributed by atoms with Gasteiger partial charge in [0.2, 0.25) is 11.8 Å². The van der Waals surface area contributed by atoms with Crippen LogP contribution in [0.2, 0.25) is 0 Å². The molecule has 1 aromatic heterocycles. The van der Waals surface area contributed by atoms with Crippen LogP contribution in [0.4, 0.5) is 5.69 Å². The number of carbonyl (C=O) groups is 2. The first-order valence-electron chi connectivity index (χ1n) is 9.81. The summed E-state index contributed by atoms with van der Waals surface area (Å²) in [6, 6.07) is 20.1. The maximum absolute atomic E-state index is 12.5. The van der Waals surface area contributed by atoms with Crippen molar-refractivity contribution in [1.29, 1.82) is 0 Å². The van der Waals surface area contributed by atoms with E-state index in [-0.39, 0.29) is 24.2 Å². The Hall–Kier alpha value is -3.08. The molecule has 1 atom stereocenters. The highest BCUT2D eigenvalue weighted by Crippen LogP contribution is 2.25. The molecule has 0 spiro atoms. The number of aryl methyl sites for hydroxylation is 2. The van der Waals surface area contributed by atoms with Crippen molar-refractivity contribution in [2.45, 2.75) is 26.3 Å². The number of hydrogen-bond acceptors (Lipinski definition) is 2. The predicted octanol–water partition coefficient (Wildman–Crippen LogP) is 3.51. The van der Waals surface area contributed by atoms with Crippen molar-refractivity contribution in [3.63, 3.8) is 0 Å². The maximum Gasteiger partial charge on any atom is 0.227 e. The first-order chi connectivity index (χ1) is 13.6. The zero-order chi connectivity index (χ0) is 19.5. The molecule has 1 unspecified atom stereocenters. The van der Waals surface area contributed by atoms with Crippen LogP contribution in [0, 0.1) is 12.8 Å². The van der Waals surface area contributed by atoms with Gasteiger partial charge in [-0.25, -0.2) is 0 Å². The Bertz CT molecular complexity index is 994. The smallest absolute Gasteiger partial charge is 0.227 e. The monoisotopic (exact) mass is 375 g/mol. The highest BCUT2D eigenvalue weighted by molar-refractivity contribution is 6.00. The number of carbonyl (C=O) groups excluding carboxylic acids is 2. The fraction of sp³-hybridized carbons (Fsp3) is 0.304.